The Morgan fingerprint density at radius 3 is 2.54 bits per heavy atom. The molecule has 132 valence electrons. The van der Waals surface area contributed by atoms with Crippen LogP contribution in [-0.4, -0.2) is 12.9 Å². The number of hydrogen-bond acceptors (Lipinski definition) is 2. The maximum Gasteiger partial charge on any atom is 0.145 e. The van der Waals surface area contributed by atoms with Gasteiger partial charge in [-0.25, -0.2) is 0 Å². The molecule has 24 heavy (non-hydrogen) atoms. The van der Waals surface area contributed by atoms with Crippen LogP contribution in [0, 0.1) is 5.41 Å². The highest BCUT2D eigenvalue weighted by atomic mass is 16.5. The van der Waals surface area contributed by atoms with Crippen molar-refractivity contribution in [3.63, 3.8) is 0 Å². The third-order valence-electron chi connectivity index (χ3n) is 4.43. The zero-order chi connectivity index (χ0) is 17.8. The lowest BCUT2D eigenvalue weighted by Crippen LogP contribution is -2.11. The van der Waals surface area contributed by atoms with E-state index in [0.717, 1.165) is 43.5 Å². The van der Waals surface area contributed by atoms with Gasteiger partial charge in [-0.1, -0.05) is 57.6 Å². The van der Waals surface area contributed by atoms with Crippen molar-refractivity contribution in [2.24, 2.45) is 5.41 Å². The Hall–Kier alpha value is -1.83. The second-order valence-electron chi connectivity index (χ2n) is 7.11. The van der Waals surface area contributed by atoms with Crippen LogP contribution in [0.25, 0.3) is 0 Å². The van der Waals surface area contributed by atoms with Gasteiger partial charge in [-0.3, -0.25) is 4.79 Å². The van der Waals surface area contributed by atoms with Crippen LogP contribution in [0.4, 0.5) is 0 Å². The Morgan fingerprint density at radius 2 is 1.92 bits per heavy atom. The summed E-state index contributed by atoms with van der Waals surface area (Å²) < 4.78 is 5.83. The summed E-state index contributed by atoms with van der Waals surface area (Å²) in [6.45, 7) is 9.46. The van der Waals surface area contributed by atoms with Gasteiger partial charge in [0, 0.05) is 0 Å². The van der Waals surface area contributed by atoms with Crippen molar-refractivity contribution in [3.05, 3.63) is 53.6 Å². The monoisotopic (exact) mass is 328 g/mol. The highest BCUT2D eigenvalue weighted by Gasteiger charge is 2.13. The molecule has 0 unspecified atom stereocenters. The molecule has 0 N–H and O–H groups in total. The van der Waals surface area contributed by atoms with E-state index in [0.29, 0.717) is 5.41 Å². The molecular weight excluding hydrogens is 296 g/mol. The molecule has 1 rings (SSSR count). The number of carbonyl (C=O) groups is 1. The summed E-state index contributed by atoms with van der Waals surface area (Å²) in [7, 11) is 0. The van der Waals surface area contributed by atoms with Gasteiger partial charge in [-0.15, -0.1) is 0 Å². The van der Waals surface area contributed by atoms with Gasteiger partial charge in [-0.2, -0.15) is 0 Å². The second kappa shape index (κ2) is 10.9. The van der Waals surface area contributed by atoms with Crippen LogP contribution >= 0.6 is 0 Å². The van der Waals surface area contributed by atoms with E-state index < -0.39 is 0 Å². The Kier molecular flexibility index (Phi) is 9.14. The van der Waals surface area contributed by atoms with Crippen molar-refractivity contribution in [2.45, 2.75) is 59.8 Å². The summed E-state index contributed by atoms with van der Waals surface area (Å²) >= 11 is 0. The van der Waals surface area contributed by atoms with Gasteiger partial charge in [0.1, 0.15) is 12.0 Å². The number of carbonyl (C=O) groups excluding carboxylic acids is 1. The smallest absolute Gasteiger partial charge is 0.145 e. The van der Waals surface area contributed by atoms with Gasteiger partial charge in [-0.05, 0) is 61.3 Å². The van der Waals surface area contributed by atoms with E-state index in [4.69, 9.17) is 4.74 Å². The van der Waals surface area contributed by atoms with E-state index in [2.05, 4.69) is 51.1 Å². The summed E-state index contributed by atoms with van der Waals surface area (Å²) in [5.74, 6) is 0.952. The van der Waals surface area contributed by atoms with E-state index in [1.54, 1.807) is 6.92 Å². The maximum absolute atomic E-state index is 10.5. The van der Waals surface area contributed by atoms with Crippen LogP contribution in [-0.2, 0) is 11.2 Å². The van der Waals surface area contributed by atoms with Gasteiger partial charge in [0.05, 0.1) is 6.61 Å². The van der Waals surface area contributed by atoms with Gasteiger partial charge >= 0.3 is 0 Å². The van der Waals surface area contributed by atoms with Crippen molar-refractivity contribution in [1.82, 2.24) is 0 Å². The van der Waals surface area contributed by atoms with Crippen LogP contribution in [0.5, 0.6) is 5.75 Å². The first-order chi connectivity index (χ1) is 11.5. The number of aryl methyl sites for hydroxylation is 1. The van der Waals surface area contributed by atoms with Crippen LogP contribution in [0.3, 0.4) is 0 Å². The molecule has 1 aromatic carbocycles. The minimum atomic E-state index is 0.417. The highest BCUT2D eigenvalue weighted by Crippen LogP contribution is 2.26. The molecule has 0 aliphatic carbocycles. The standard InChI is InChI=1S/C22H32O2/c1-5-22(3,4)16-9-17-24-21-14-12-20(13-15-21)11-8-6-7-10-19(2)18-23/h6-7,10,12-15,18H,5,8-9,11,16-17H2,1-4H3. The van der Waals surface area contributed by atoms with Crippen LogP contribution < -0.4 is 4.74 Å². The molecule has 0 saturated carbocycles. The number of allylic oxidation sites excluding steroid dienone is 4. The quantitative estimate of drug-likeness (QED) is 0.218. The van der Waals surface area contributed by atoms with Crippen LogP contribution in [0.15, 0.2) is 48.1 Å². The molecule has 0 bridgehead atoms. The summed E-state index contributed by atoms with van der Waals surface area (Å²) in [4.78, 5) is 10.5. The van der Waals surface area contributed by atoms with Crippen molar-refractivity contribution in [3.8, 4) is 5.75 Å². The third kappa shape index (κ3) is 8.71. The fraction of sp³-hybridized carbons (Fsp3) is 0.500. The van der Waals surface area contributed by atoms with E-state index in [1.165, 1.54) is 18.4 Å². The zero-order valence-corrected chi connectivity index (χ0v) is 15.7. The summed E-state index contributed by atoms with van der Waals surface area (Å²) in [5, 5.41) is 0. The van der Waals surface area contributed by atoms with E-state index in [-0.39, 0.29) is 0 Å². The minimum absolute atomic E-state index is 0.417. The van der Waals surface area contributed by atoms with Crippen molar-refractivity contribution in [1.29, 1.82) is 0 Å². The molecule has 1 aromatic rings. The Labute approximate surface area is 147 Å². The lowest BCUT2D eigenvalue weighted by molar-refractivity contribution is -0.104. The lowest BCUT2D eigenvalue weighted by Gasteiger charge is -2.22. The second-order valence-corrected chi connectivity index (χ2v) is 7.11. The molecule has 0 spiro atoms. The molecule has 0 amide bonds. The van der Waals surface area contributed by atoms with E-state index in [1.807, 2.05) is 12.2 Å². The first-order valence-corrected chi connectivity index (χ1v) is 8.97. The predicted octanol–water partition coefficient (Wildman–Crippen LogP) is 5.92. The van der Waals surface area contributed by atoms with Gasteiger partial charge < -0.3 is 4.74 Å². The summed E-state index contributed by atoms with van der Waals surface area (Å²) in [6, 6.07) is 8.37. The summed E-state index contributed by atoms with van der Waals surface area (Å²) in [6.07, 6.45) is 12.2. The number of aldehydes is 1. The molecule has 2 nitrogen and oxygen atoms in total. The fourth-order valence-corrected chi connectivity index (χ4v) is 2.28. The number of hydrogen-bond donors (Lipinski definition) is 0. The number of rotatable bonds is 11. The Morgan fingerprint density at radius 1 is 1.21 bits per heavy atom. The van der Waals surface area contributed by atoms with E-state index in [9.17, 15) is 4.79 Å². The molecule has 0 aromatic heterocycles. The molecule has 0 radical (unpaired) electrons. The topological polar surface area (TPSA) is 26.3 Å². The highest BCUT2D eigenvalue weighted by molar-refractivity contribution is 5.72. The maximum atomic E-state index is 10.5. The molecule has 0 atom stereocenters. The van der Waals surface area contributed by atoms with Gasteiger partial charge in [0.2, 0.25) is 0 Å². The molecule has 0 heterocycles. The van der Waals surface area contributed by atoms with E-state index >= 15 is 0 Å². The number of benzene rings is 1. The first-order valence-electron chi connectivity index (χ1n) is 8.97. The first kappa shape index (κ1) is 20.2. The normalized spacial score (nSPS) is 12.6. The molecule has 0 fully saturated rings. The molecule has 0 saturated heterocycles. The third-order valence-corrected chi connectivity index (χ3v) is 4.43. The van der Waals surface area contributed by atoms with Crippen LogP contribution in [0.2, 0.25) is 0 Å². The Balaban J connectivity index is 2.29. The van der Waals surface area contributed by atoms with Crippen LogP contribution in [0.1, 0.15) is 58.9 Å². The van der Waals surface area contributed by atoms with Gasteiger partial charge in [0.15, 0.2) is 0 Å². The Bertz CT molecular complexity index is 536. The number of ether oxygens (including phenoxy) is 1. The SMILES string of the molecule is CCC(C)(C)CCCOc1ccc(CCC=CC=C(C)C=O)cc1. The fourth-order valence-electron chi connectivity index (χ4n) is 2.28. The molecule has 0 aliphatic rings. The van der Waals surface area contributed by atoms with Crippen molar-refractivity contribution < 1.29 is 9.53 Å². The summed E-state index contributed by atoms with van der Waals surface area (Å²) in [5.41, 5.74) is 2.46. The minimum Gasteiger partial charge on any atom is -0.494 e. The average Bonchev–Trinajstić information content (AvgIpc) is 2.59. The molecule has 0 aliphatic heterocycles. The lowest BCUT2D eigenvalue weighted by atomic mass is 9.85. The van der Waals surface area contributed by atoms with Gasteiger partial charge in [0.25, 0.3) is 0 Å². The van der Waals surface area contributed by atoms with Crippen molar-refractivity contribution in [2.75, 3.05) is 6.61 Å². The largest absolute Gasteiger partial charge is 0.494 e. The predicted molar refractivity (Wildman–Crippen MR) is 103 cm³/mol. The van der Waals surface area contributed by atoms with Crippen molar-refractivity contribution >= 4 is 6.29 Å². The zero-order valence-electron chi connectivity index (χ0n) is 15.7. The average molecular weight is 328 g/mol. The molecule has 2 heteroatoms. The molecular formula is C22H32O2.